The molecular weight excluding hydrogens is 362 g/mol. The van der Waals surface area contributed by atoms with E-state index < -0.39 is 34.9 Å². The lowest BCUT2D eigenvalue weighted by Gasteiger charge is -2.11. The first-order valence-corrected chi connectivity index (χ1v) is 7.38. The third-order valence-corrected chi connectivity index (χ3v) is 3.60. The summed E-state index contributed by atoms with van der Waals surface area (Å²) in [5.41, 5.74) is -1.13. The SMILES string of the molecule is Cc1c(C(=O)O)ccc(Oc2cc(CC(=O)O)cc(C(=O)O)c2)c1[N+](=O)[O-]. The standard InChI is InChI=1S/C17H13NO9/c1-8-12(17(23)24)2-3-13(15(8)18(25)26)27-11-5-9(6-14(19)20)4-10(7-11)16(21)22/h2-5,7H,6H2,1H3,(H,19,20)(H,21,22)(H,23,24). The van der Waals surface area contributed by atoms with Gasteiger partial charge in [0.2, 0.25) is 5.75 Å². The molecule has 140 valence electrons. The van der Waals surface area contributed by atoms with Crippen LogP contribution in [-0.2, 0) is 11.2 Å². The van der Waals surface area contributed by atoms with Gasteiger partial charge in [-0.05, 0) is 42.8 Å². The molecule has 10 nitrogen and oxygen atoms in total. The minimum absolute atomic E-state index is 0.124. The summed E-state index contributed by atoms with van der Waals surface area (Å²) in [4.78, 5) is 43.8. The van der Waals surface area contributed by atoms with Crippen LogP contribution in [0, 0.1) is 17.0 Å². The fraction of sp³-hybridized carbons (Fsp3) is 0.118. The number of aliphatic carboxylic acids is 1. The molecule has 0 saturated heterocycles. The van der Waals surface area contributed by atoms with Crippen molar-refractivity contribution in [1.82, 2.24) is 0 Å². The van der Waals surface area contributed by atoms with Crippen molar-refractivity contribution in [2.24, 2.45) is 0 Å². The molecule has 0 aliphatic rings. The molecule has 0 saturated carbocycles. The largest absolute Gasteiger partial charge is 0.481 e. The predicted octanol–water partition coefficient (Wildman–Crippen LogP) is 2.72. The van der Waals surface area contributed by atoms with Gasteiger partial charge < -0.3 is 20.1 Å². The number of hydrogen-bond acceptors (Lipinski definition) is 6. The van der Waals surface area contributed by atoms with E-state index in [9.17, 15) is 24.5 Å². The van der Waals surface area contributed by atoms with Crippen molar-refractivity contribution in [3.63, 3.8) is 0 Å². The number of ether oxygens (including phenoxy) is 1. The third kappa shape index (κ3) is 4.37. The lowest BCUT2D eigenvalue weighted by Crippen LogP contribution is -2.06. The van der Waals surface area contributed by atoms with Crippen molar-refractivity contribution >= 4 is 23.6 Å². The highest BCUT2D eigenvalue weighted by molar-refractivity contribution is 5.91. The van der Waals surface area contributed by atoms with Crippen LogP contribution in [0.3, 0.4) is 0 Å². The van der Waals surface area contributed by atoms with Crippen LogP contribution >= 0.6 is 0 Å². The minimum Gasteiger partial charge on any atom is -0.481 e. The van der Waals surface area contributed by atoms with Crippen LogP contribution in [-0.4, -0.2) is 38.2 Å². The summed E-state index contributed by atoms with van der Waals surface area (Å²) in [6.45, 7) is 1.25. The highest BCUT2D eigenvalue weighted by Gasteiger charge is 2.25. The fourth-order valence-corrected chi connectivity index (χ4v) is 2.46. The maximum Gasteiger partial charge on any atom is 0.336 e. The van der Waals surface area contributed by atoms with E-state index in [2.05, 4.69) is 0 Å². The van der Waals surface area contributed by atoms with E-state index in [0.717, 1.165) is 24.3 Å². The Morgan fingerprint density at radius 2 is 1.74 bits per heavy atom. The molecule has 0 fully saturated rings. The second kappa shape index (κ2) is 7.52. The summed E-state index contributed by atoms with van der Waals surface area (Å²) in [7, 11) is 0. The monoisotopic (exact) mass is 375 g/mol. The molecule has 2 rings (SSSR count). The first-order chi connectivity index (χ1) is 12.6. The number of carboxylic acid groups (broad SMARTS) is 3. The van der Waals surface area contributed by atoms with E-state index in [1.165, 1.54) is 13.0 Å². The molecule has 2 aromatic rings. The van der Waals surface area contributed by atoms with E-state index in [1.807, 2.05) is 0 Å². The van der Waals surface area contributed by atoms with Crippen LogP contribution in [0.5, 0.6) is 11.5 Å². The number of rotatable bonds is 7. The van der Waals surface area contributed by atoms with Gasteiger partial charge in [-0.15, -0.1) is 0 Å². The van der Waals surface area contributed by atoms with Gasteiger partial charge in [0.1, 0.15) is 5.75 Å². The van der Waals surface area contributed by atoms with Crippen LogP contribution in [0.1, 0.15) is 31.8 Å². The molecule has 0 atom stereocenters. The molecule has 0 spiro atoms. The number of benzene rings is 2. The van der Waals surface area contributed by atoms with Crippen molar-refractivity contribution in [2.75, 3.05) is 0 Å². The molecule has 3 N–H and O–H groups in total. The summed E-state index contributed by atoms with van der Waals surface area (Å²) in [5.74, 6) is -4.31. The zero-order chi connectivity index (χ0) is 20.3. The average Bonchev–Trinajstić information content (AvgIpc) is 2.53. The predicted molar refractivity (Wildman–Crippen MR) is 89.6 cm³/mol. The van der Waals surface area contributed by atoms with E-state index in [1.54, 1.807) is 0 Å². The van der Waals surface area contributed by atoms with E-state index in [4.69, 9.17) is 20.1 Å². The van der Waals surface area contributed by atoms with Gasteiger partial charge in [-0.1, -0.05) is 0 Å². The van der Waals surface area contributed by atoms with Crippen molar-refractivity contribution in [3.05, 3.63) is 62.7 Å². The molecule has 0 bridgehead atoms. The Morgan fingerprint density at radius 1 is 1.07 bits per heavy atom. The van der Waals surface area contributed by atoms with Crippen LogP contribution in [0.15, 0.2) is 30.3 Å². The highest BCUT2D eigenvalue weighted by atomic mass is 16.6. The Kier molecular flexibility index (Phi) is 5.40. The summed E-state index contributed by atoms with van der Waals surface area (Å²) < 4.78 is 5.41. The normalized spacial score (nSPS) is 10.3. The smallest absolute Gasteiger partial charge is 0.336 e. The number of hydrogen-bond donors (Lipinski definition) is 3. The molecule has 0 aliphatic carbocycles. The lowest BCUT2D eigenvalue weighted by atomic mass is 10.1. The zero-order valence-electron chi connectivity index (χ0n) is 13.8. The second-order valence-electron chi connectivity index (χ2n) is 5.49. The number of nitro groups is 1. The van der Waals surface area contributed by atoms with Crippen LogP contribution in [0.25, 0.3) is 0 Å². The van der Waals surface area contributed by atoms with E-state index in [-0.39, 0.29) is 33.8 Å². The fourth-order valence-electron chi connectivity index (χ4n) is 2.46. The lowest BCUT2D eigenvalue weighted by molar-refractivity contribution is -0.386. The van der Waals surface area contributed by atoms with Crippen LogP contribution in [0.2, 0.25) is 0 Å². The van der Waals surface area contributed by atoms with Crippen molar-refractivity contribution in [2.45, 2.75) is 13.3 Å². The molecule has 0 heterocycles. The van der Waals surface area contributed by atoms with Gasteiger partial charge in [-0.25, -0.2) is 9.59 Å². The van der Waals surface area contributed by atoms with Gasteiger partial charge in [0.05, 0.1) is 22.5 Å². The molecule has 27 heavy (non-hydrogen) atoms. The molecule has 0 radical (unpaired) electrons. The first kappa shape index (κ1) is 19.4. The molecular formula is C17H13NO9. The second-order valence-corrected chi connectivity index (χ2v) is 5.49. The minimum atomic E-state index is -1.35. The topological polar surface area (TPSA) is 164 Å². The molecule has 10 heteroatoms. The maximum atomic E-state index is 11.4. The number of carboxylic acids is 3. The summed E-state index contributed by atoms with van der Waals surface area (Å²) >= 11 is 0. The first-order valence-electron chi connectivity index (χ1n) is 7.38. The Hall–Kier alpha value is -3.95. The zero-order valence-corrected chi connectivity index (χ0v) is 13.8. The maximum absolute atomic E-state index is 11.4. The quantitative estimate of drug-likeness (QED) is 0.487. The van der Waals surface area contributed by atoms with Gasteiger partial charge >= 0.3 is 23.6 Å². The van der Waals surface area contributed by atoms with Crippen molar-refractivity contribution in [1.29, 1.82) is 0 Å². The van der Waals surface area contributed by atoms with Crippen LogP contribution < -0.4 is 4.74 Å². The summed E-state index contributed by atoms with van der Waals surface area (Å²) in [6, 6.07) is 5.68. The van der Waals surface area contributed by atoms with Gasteiger partial charge in [0.25, 0.3) is 0 Å². The van der Waals surface area contributed by atoms with Crippen LogP contribution in [0.4, 0.5) is 5.69 Å². The van der Waals surface area contributed by atoms with Gasteiger partial charge in [-0.3, -0.25) is 14.9 Å². The average molecular weight is 375 g/mol. The Morgan fingerprint density at radius 3 is 2.26 bits per heavy atom. The van der Waals surface area contributed by atoms with Crippen molar-refractivity contribution in [3.8, 4) is 11.5 Å². The molecule has 0 aliphatic heterocycles. The third-order valence-electron chi connectivity index (χ3n) is 3.60. The Labute approximate surface area is 151 Å². The Balaban J connectivity index is 2.56. The highest BCUT2D eigenvalue weighted by Crippen LogP contribution is 2.36. The number of aromatic carboxylic acids is 2. The van der Waals surface area contributed by atoms with Gasteiger partial charge in [0.15, 0.2) is 0 Å². The summed E-state index contributed by atoms with van der Waals surface area (Å²) in [6.07, 6.45) is -0.476. The molecule has 2 aromatic carbocycles. The van der Waals surface area contributed by atoms with Crippen molar-refractivity contribution < 1.29 is 39.4 Å². The van der Waals surface area contributed by atoms with E-state index >= 15 is 0 Å². The van der Waals surface area contributed by atoms with Gasteiger partial charge in [0, 0.05) is 5.56 Å². The number of nitrogens with zero attached hydrogens (tertiary/aromatic N) is 1. The summed E-state index contributed by atoms with van der Waals surface area (Å²) in [5, 5.41) is 38.5. The number of carbonyl (C=O) groups is 3. The number of nitro benzene ring substituents is 1. The Bertz CT molecular complexity index is 965. The molecule has 0 aromatic heterocycles. The molecule has 0 unspecified atom stereocenters. The van der Waals surface area contributed by atoms with Gasteiger partial charge in [-0.2, -0.15) is 0 Å². The van der Waals surface area contributed by atoms with E-state index in [0.29, 0.717) is 0 Å². The molecule has 0 amide bonds.